The number of aromatic amines is 1. The summed E-state index contributed by atoms with van der Waals surface area (Å²) in [5.41, 5.74) is 2.21. The summed E-state index contributed by atoms with van der Waals surface area (Å²) in [6.07, 6.45) is 2.25. The van der Waals surface area contributed by atoms with Gasteiger partial charge in [0.15, 0.2) is 0 Å². The van der Waals surface area contributed by atoms with Gasteiger partial charge in [0.25, 0.3) is 11.7 Å². The number of likely N-dealkylation sites (tertiary alicyclic amines) is 1. The minimum atomic E-state index is -1.06. The number of hydrogen-bond acceptors (Lipinski definition) is 4. The van der Waals surface area contributed by atoms with Crippen LogP contribution in [0.1, 0.15) is 22.7 Å². The Balaban J connectivity index is 1.56. The zero-order valence-electron chi connectivity index (χ0n) is 19.3. The number of H-pyrrole nitrogens is 1. The van der Waals surface area contributed by atoms with Crippen LogP contribution in [0.25, 0.3) is 16.7 Å². The smallest absolute Gasteiger partial charge is 0.295 e. The van der Waals surface area contributed by atoms with Crippen LogP contribution in [-0.2, 0) is 16.0 Å². The van der Waals surface area contributed by atoms with Crippen LogP contribution in [0.15, 0.2) is 83.0 Å². The Morgan fingerprint density at radius 1 is 1.11 bits per heavy atom. The highest BCUT2D eigenvalue weighted by molar-refractivity contribution is 9.10. The summed E-state index contributed by atoms with van der Waals surface area (Å²) < 4.78 is 21.1. The Kier molecular flexibility index (Phi) is 6.36. The number of Topliss-reactive ketones (excluding diaryl/α,β-unsaturated/α-hetero) is 1. The number of methoxy groups -OCH3 is 1. The van der Waals surface area contributed by atoms with Crippen molar-refractivity contribution in [2.45, 2.75) is 12.5 Å². The second kappa shape index (κ2) is 9.62. The molecule has 0 saturated carbocycles. The first kappa shape index (κ1) is 23.8. The Morgan fingerprint density at radius 3 is 2.58 bits per heavy atom. The maximum Gasteiger partial charge on any atom is 0.295 e. The lowest BCUT2D eigenvalue weighted by Crippen LogP contribution is -2.32. The van der Waals surface area contributed by atoms with E-state index in [1.165, 1.54) is 17.0 Å². The monoisotopic (exact) mass is 548 g/mol. The predicted molar refractivity (Wildman–Crippen MR) is 138 cm³/mol. The summed E-state index contributed by atoms with van der Waals surface area (Å²) >= 11 is 3.35. The molecule has 5 rings (SSSR count). The fraction of sp³-hybridized carbons (Fsp3) is 0.143. The number of hydrogen-bond donors (Lipinski definition) is 2. The van der Waals surface area contributed by atoms with Crippen molar-refractivity contribution in [3.8, 4) is 5.75 Å². The highest BCUT2D eigenvalue weighted by Crippen LogP contribution is 2.40. The Bertz CT molecular complexity index is 1510. The summed E-state index contributed by atoms with van der Waals surface area (Å²) in [6, 6.07) is 17.3. The molecule has 1 aliphatic rings. The van der Waals surface area contributed by atoms with Crippen molar-refractivity contribution in [3.63, 3.8) is 0 Å². The number of nitrogens with one attached hydrogen (secondary N) is 1. The van der Waals surface area contributed by atoms with Gasteiger partial charge in [-0.3, -0.25) is 9.59 Å². The molecule has 2 heterocycles. The number of fused-ring (bicyclic) bond motifs is 1. The lowest BCUT2D eigenvalue weighted by Gasteiger charge is -2.25. The molecule has 182 valence electrons. The predicted octanol–water partition coefficient (Wildman–Crippen LogP) is 5.74. The fourth-order valence-corrected chi connectivity index (χ4v) is 4.89. The van der Waals surface area contributed by atoms with Gasteiger partial charge in [-0.05, 0) is 48.4 Å². The van der Waals surface area contributed by atoms with Gasteiger partial charge in [-0.15, -0.1) is 0 Å². The second-order valence-corrected chi connectivity index (χ2v) is 9.41. The maximum absolute atomic E-state index is 15.0. The topological polar surface area (TPSA) is 82.6 Å². The van der Waals surface area contributed by atoms with E-state index in [1.807, 2.05) is 24.4 Å². The van der Waals surface area contributed by atoms with Gasteiger partial charge in [-0.1, -0.05) is 46.3 Å². The molecule has 1 aliphatic heterocycles. The van der Waals surface area contributed by atoms with Crippen molar-refractivity contribution in [2.75, 3.05) is 13.7 Å². The van der Waals surface area contributed by atoms with Crippen molar-refractivity contribution >= 4 is 44.3 Å². The van der Waals surface area contributed by atoms with Crippen LogP contribution < -0.4 is 4.74 Å². The number of ether oxygens (including phenoxy) is 1. The third-order valence-electron chi connectivity index (χ3n) is 6.45. The normalized spacial score (nSPS) is 17.2. The van der Waals surface area contributed by atoms with Crippen molar-refractivity contribution in [1.29, 1.82) is 0 Å². The summed E-state index contributed by atoms with van der Waals surface area (Å²) in [6.45, 7) is 0.144. The van der Waals surface area contributed by atoms with Gasteiger partial charge in [0.2, 0.25) is 0 Å². The van der Waals surface area contributed by atoms with Crippen LogP contribution in [0.4, 0.5) is 4.39 Å². The van der Waals surface area contributed by atoms with Crippen molar-refractivity contribution in [3.05, 3.63) is 105 Å². The SMILES string of the molecule is COc1ccc2[nH]cc(CCN3C(=O)C(=O)C(=C(O)c4ccc(Br)cc4)[C@@H]3c3ccccc3F)c2c1. The quantitative estimate of drug-likeness (QED) is 0.183. The first-order valence-corrected chi connectivity index (χ1v) is 12.1. The number of aromatic nitrogens is 1. The number of aliphatic hydroxyl groups excluding tert-OH is 1. The molecule has 0 bridgehead atoms. The van der Waals surface area contributed by atoms with Crippen molar-refractivity contribution in [2.24, 2.45) is 0 Å². The highest BCUT2D eigenvalue weighted by atomic mass is 79.9. The van der Waals surface area contributed by atoms with E-state index >= 15 is 0 Å². The highest BCUT2D eigenvalue weighted by Gasteiger charge is 2.46. The number of carbonyl (C=O) groups excluding carboxylic acids is 2. The van der Waals surface area contributed by atoms with E-state index in [4.69, 9.17) is 4.74 Å². The minimum Gasteiger partial charge on any atom is -0.507 e. The number of ketones is 1. The molecule has 8 heteroatoms. The zero-order chi connectivity index (χ0) is 25.4. The number of aliphatic hydroxyl groups is 1. The molecule has 0 unspecified atom stereocenters. The number of carbonyl (C=O) groups is 2. The molecule has 4 aromatic rings. The molecule has 0 radical (unpaired) electrons. The Hall–Kier alpha value is -3.91. The second-order valence-electron chi connectivity index (χ2n) is 8.50. The fourth-order valence-electron chi connectivity index (χ4n) is 4.63. The zero-order valence-corrected chi connectivity index (χ0v) is 20.9. The molecule has 1 amide bonds. The van der Waals surface area contributed by atoms with E-state index in [-0.39, 0.29) is 23.4 Å². The summed E-state index contributed by atoms with van der Waals surface area (Å²) in [4.78, 5) is 30.9. The van der Waals surface area contributed by atoms with Gasteiger partial charge in [0.1, 0.15) is 17.3 Å². The average Bonchev–Trinajstić information content (AvgIpc) is 3.40. The van der Waals surface area contributed by atoms with E-state index < -0.39 is 23.5 Å². The van der Waals surface area contributed by atoms with Crippen molar-refractivity contribution < 1.29 is 23.8 Å². The molecule has 1 fully saturated rings. The molecule has 6 nitrogen and oxygen atoms in total. The molecule has 0 spiro atoms. The van der Waals surface area contributed by atoms with Crippen LogP contribution in [-0.4, -0.2) is 40.3 Å². The first-order chi connectivity index (χ1) is 17.4. The van der Waals surface area contributed by atoms with Gasteiger partial charge < -0.3 is 19.7 Å². The van der Waals surface area contributed by atoms with Crippen LogP contribution in [0.3, 0.4) is 0 Å². The molecular weight excluding hydrogens is 527 g/mol. The minimum absolute atomic E-state index is 0.131. The van der Waals surface area contributed by atoms with E-state index in [1.54, 1.807) is 43.5 Å². The van der Waals surface area contributed by atoms with Crippen LogP contribution in [0.2, 0.25) is 0 Å². The average molecular weight is 549 g/mol. The molecular formula is C28H22BrFN2O4. The van der Waals surface area contributed by atoms with Crippen LogP contribution in [0.5, 0.6) is 5.75 Å². The first-order valence-electron chi connectivity index (χ1n) is 11.3. The van der Waals surface area contributed by atoms with E-state index in [0.717, 1.165) is 20.9 Å². The van der Waals surface area contributed by atoms with E-state index in [2.05, 4.69) is 20.9 Å². The third-order valence-corrected chi connectivity index (χ3v) is 6.98. The number of nitrogens with zero attached hydrogens (tertiary/aromatic N) is 1. The third kappa shape index (κ3) is 4.18. The van der Waals surface area contributed by atoms with Gasteiger partial charge in [0, 0.05) is 39.2 Å². The summed E-state index contributed by atoms with van der Waals surface area (Å²) in [7, 11) is 1.59. The van der Waals surface area contributed by atoms with Gasteiger partial charge in [-0.25, -0.2) is 4.39 Å². The molecule has 0 aliphatic carbocycles. The van der Waals surface area contributed by atoms with Gasteiger partial charge in [-0.2, -0.15) is 0 Å². The summed E-state index contributed by atoms with van der Waals surface area (Å²) in [5.74, 6) is -1.82. The molecule has 36 heavy (non-hydrogen) atoms. The number of benzene rings is 3. The molecule has 3 aromatic carbocycles. The Morgan fingerprint density at radius 2 is 1.86 bits per heavy atom. The van der Waals surface area contributed by atoms with Crippen molar-refractivity contribution in [1.82, 2.24) is 9.88 Å². The largest absolute Gasteiger partial charge is 0.507 e. The number of rotatable bonds is 6. The maximum atomic E-state index is 15.0. The summed E-state index contributed by atoms with van der Waals surface area (Å²) in [5, 5.41) is 12.0. The molecule has 2 N–H and O–H groups in total. The van der Waals surface area contributed by atoms with E-state index in [0.29, 0.717) is 17.7 Å². The molecule has 1 saturated heterocycles. The van der Waals surface area contributed by atoms with Gasteiger partial charge in [0.05, 0.1) is 18.7 Å². The van der Waals surface area contributed by atoms with Crippen LogP contribution >= 0.6 is 15.9 Å². The lowest BCUT2D eigenvalue weighted by atomic mass is 9.95. The Labute approximate surface area is 215 Å². The lowest BCUT2D eigenvalue weighted by molar-refractivity contribution is -0.139. The van der Waals surface area contributed by atoms with Crippen LogP contribution in [0, 0.1) is 5.82 Å². The molecule has 1 atom stereocenters. The standard InChI is InChI=1S/C28H22BrFN2O4/c1-36-19-10-11-23-21(14-19)17(15-31-23)12-13-32-25(20-4-2-3-5-22(20)30)24(27(34)28(32)35)26(33)16-6-8-18(29)9-7-16/h2-11,14-15,25,31,33H,12-13H2,1H3/t25-/m0/s1. The van der Waals surface area contributed by atoms with E-state index in [9.17, 15) is 19.1 Å². The molecule has 1 aromatic heterocycles. The van der Waals surface area contributed by atoms with Gasteiger partial charge >= 0.3 is 0 Å². The number of amides is 1. The number of halogens is 2.